The van der Waals surface area contributed by atoms with Gasteiger partial charge in [0.1, 0.15) is 25.3 Å². The molecule has 2 amide bonds. The molecule has 0 radical (unpaired) electrons. The van der Waals surface area contributed by atoms with Gasteiger partial charge in [0.15, 0.2) is 17.2 Å². The first-order chi connectivity index (χ1) is 21.3. The molecule has 0 bridgehead atoms. The lowest BCUT2D eigenvalue weighted by Gasteiger charge is -2.24. The Morgan fingerprint density at radius 3 is 2.58 bits per heavy atom. The summed E-state index contributed by atoms with van der Waals surface area (Å²) in [6, 6.07) is 5.60. The molecular formula is C30H28F4N8O3. The normalized spacial score (nSPS) is 17.0. The van der Waals surface area contributed by atoms with Crippen molar-refractivity contribution in [1.82, 2.24) is 33.8 Å². The smallest absolute Gasteiger partial charge is 0.337 e. The maximum absolute atomic E-state index is 14.6. The van der Waals surface area contributed by atoms with Crippen molar-refractivity contribution in [2.24, 2.45) is 0 Å². The summed E-state index contributed by atoms with van der Waals surface area (Å²) in [7, 11) is 0. The average molecular weight is 625 g/mol. The summed E-state index contributed by atoms with van der Waals surface area (Å²) in [6.45, 7) is 3.20. The van der Waals surface area contributed by atoms with Crippen molar-refractivity contribution in [3.05, 3.63) is 65.9 Å². The van der Waals surface area contributed by atoms with Gasteiger partial charge in [0.2, 0.25) is 11.8 Å². The van der Waals surface area contributed by atoms with Gasteiger partial charge in [0.25, 0.3) is 0 Å². The minimum atomic E-state index is -4.50. The number of carbonyl (C=O) groups excluding carboxylic acids is 3. The molecular weight excluding hydrogens is 596 g/mol. The number of Topliss-reactive ketones (excluding diaryl/α,β-unsaturated/α-hetero) is 1. The van der Waals surface area contributed by atoms with Crippen LogP contribution in [0.15, 0.2) is 49.1 Å². The summed E-state index contributed by atoms with van der Waals surface area (Å²) in [6.07, 6.45) is -0.0551. The topological polar surface area (TPSA) is 119 Å². The van der Waals surface area contributed by atoms with Crippen LogP contribution in [-0.4, -0.2) is 76.4 Å². The number of anilines is 1. The predicted octanol–water partition coefficient (Wildman–Crippen LogP) is 4.51. The minimum absolute atomic E-state index is 0.148. The molecule has 1 aliphatic heterocycles. The molecule has 1 aliphatic rings. The fourth-order valence-electron chi connectivity index (χ4n) is 5.83. The van der Waals surface area contributed by atoms with E-state index in [1.165, 1.54) is 13.0 Å². The summed E-state index contributed by atoms with van der Waals surface area (Å²) in [5.74, 6) is -1.69. The van der Waals surface area contributed by atoms with E-state index < -0.39 is 36.7 Å². The van der Waals surface area contributed by atoms with Gasteiger partial charge in [0, 0.05) is 59.9 Å². The first kappa shape index (κ1) is 30.0. The van der Waals surface area contributed by atoms with Gasteiger partial charge in [-0.1, -0.05) is 0 Å². The highest BCUT2D eigenvalue weighted by Gasteiger charge is 2.40. The Morgan fingerprint density at radius 1 is 1.07 bits per heavy atom. The van der Waals surface area contributed by atoms with Crippen LogP contribution < -0.4 is 5.32 Å². The number of hydrogen-bond donors (Lipinski definition) is 1. The van der Waals surface area contributed by atoms with E-state index in [0.717, 1.165) is 33.5 Å². The van der Waals surface area contributed by atoms with E-state index in [2.05, 4.69) is 20.5 Å². The molecule has 0 saturated carbocycles. The number of likely N-dealkylation sites (tertiary alicyclic amines) is 1. The number of halogens is 4. The predicted molar refractivity (Wildman–Crippen MR) is 155 cm³/mol. The van der Waals surface area contributed by atoms with E-state index in [1.807, 2.05) is 38.2 Å². The van der Waals surface area contributed by atoms with Crippen LogP contribution in [0.1, 0.15) is 35.0 Å². The van der Waals surface area contributed by atoms with Crippen LogP contribution in [0.3, 0.4) is 0 Å². The Bertz CT molecular complexity index is 1970. The number of nitrogens with zero attached hydrogens (tertiary/aromatic N) is 7. The van der Waals surface area contributed by atoms with Gasteiger partial charge in [-0.25, -0.2) is 13.9 Å². The first-order valence-electron chi connectivity index (χ1n) is 14.1. The van der Waals surface area contributed by atoms with Gasteiger partial charge in [-0.3, -0.25) is 19.1 Å². The SMILES string of the molecule is CC(=O)c1cn(CC(=O)N2C[C@H](F)C[C@H]2C(=O)Nc2ccn(CC(F)(F)F)n2)c2c(C)cc(-c3cnc4cc(C)nn4c3)cc12. The third kappa shape index (κ3) is 6.01. The number of hydrogen-bond acceptors (Lipinski definition) is 6. The summed E-state index contributed by atoms with van der Waals surface area (Å²) < 4.78 is 56.5. The first-order valence-corrected chi connectivity index (χ1v) is 14.1. The lowest BCUT2D eigenvalue weighted by molar-refractivity contribution is -0.142. The minimum Gasteiger partial charge on any atom is -0.337 e. The van der Waals surface area contributed by atoms with Crippen molar-refractivity contribution in [3.63, 3.8) is 0 Å². The highest BCUT2D eigenvalue weighted by molar-refractivity contribution is 6.09. The zero-order valence-corrected chi connectivity index (χ0v) is 24.5. The Labute approximate surface area is 253 Å². The van der Waals surface area contributed by atoms with Gasteiger partial charge >= 0.3 is 6.18 Å². The van der Waals surface area contributed by atoms with Crippen LogP contribution in [0.2, 0.25) is 0 Å². The second kappa shape index (κ2) is 11.1. The Kier molecular flexibility index (Phi) is 7.41. The second-order valence-corrected chi connectivity index (χ2v) is 11.2. The molecule has 1 N–H and O–H groups in total. The molecule has 0 unspecified atom stereocenters. The third-order valence-corrected chi connectivity index (χ3v) is 7.72. The monoisotopic (exact) mass is 624 g/mol. The van der Waals surface area contributed by atoms with E-state index in [9.17, 15) is 31.9 Å². The standard InChI is InChI=1S/C30H28F4N8O3/c1-16-6-19(20-10-35-26-7-17(2)37-42(26)11-20)8-22-23(18(3)43)13-39(28(16)22)14-27(44)41-12-21(31)9-24(41)29(45)36-25-4-5-40(38-25)15-30(32,33)34/h4-8,10-11,13,21,24H,9,12,14-15H2,1-3H3,(H,36,38,45)/t21-,24+/m1/s1. The van der Waals surface area contributed by atoms with E-state index >= 15 is 0 Å². The number of rotatable bonds is 7. The molecule has 1 saturated heterocycles. The van der Waals surface area contributed by atoms with Crippen molar-refractivity contribution in [1.29, 1.82) is 0 Å². The van der Waals surface area contributed by atoms with E-state index in [1.54, 1.807) is 21.5 Å². The Hall–Kier alpha value is -5.08. The van der Waals surface area contributed by atoms with Gasteiger partial charge < -0.3 is 14.8 Å². The number of benzene rings is 1. The zero-order chi connectivity index (χ0) is 32.2. The molecule has 5 aromatic rings. The molecule has 0 aliphatic carbocycles. The molecule has 1 aromatic carbocycles. The van der Waals surface area contributed by atoms with E-state index in [0.29, 0.717) is 26.8 Å². The molecule has 11 nitrogen and oxygen atoms in total. The number of carbonyl (C=O) groups is 3. The van der Waals surface area contributed by atoms with Crippen molar-refractivity contribution in [2.75, 3.05) is 11.9 Å². The number of alkyl halides is 4. The molecule has 0 spiro atoms. The zero-order valence-electron chi connectivity index (χ0n) is 24.5. The van der Waals surface area contributed by atoms with Gasteiger partial charge in [-0.2, -0.15) is 23.4 Å². The van der Waals surface area contributed by atoms with E-state index in [4.69, 9.17) is 0 Å². The fourth-order valence-corrected chi connectivity index (χ4v) is 5.83. The van der Waals surface area contributed by atoms with Gasteiger partial charge in [-0.05, 0) is 44.0 Å². The highest BCUT2D eigenvalue weighted by Crippen LogP contribution is 2.32. The van der Waals surface area contributed by atoms with Crippen molar-refractivity contribution < 1.29 is 31.9 Å². The van der Waals surface area contributed by atoms with Crippen molar-refractivity contribution in [2.45, 2.75) is 58.7 Å². The van der Waals surface area contributed by atoms with Crippen LogP contribution in [-0.2, 0) is 22.7 Å². The number of amides is 2. The lowest BCUT2D eigenvalue weighted by Crippen LogP contribution is -2.44. The maximum atomic E-state index is 14.6. The molecule has 5 heterocycles. The molecule has 4 aromatic heterocycles. The quantitative estimate of drug-likeness (QED) is 0.210. The fraction of sp³-hybridized carbons (Fsp3) is 0.333. The van der Waals surface area contributed by atoms with Crippen LogP contribution in [0.4, 0.5) is 23.4 Å². The number of fused-ring (bicyclic) bond motifs is 2. The molecule has 234 valence electrons. The summed E-state index contributed by atoms with van der Waals surface area (Å²) in [5.41, 5.74) is 4.88. The van der Waals surface area contributed by atoms with E-state index in [-0.39, 0.29) is 31.1 Å². The van der Waals surface area contributed by atoms with Crippen LogP contribution >= 0.6 is 0 Å². The van der Waals surface area contributed by atoms with Crippen LogP contribution in [0.25, 0.3) is 27.7 Å². The second-order valence-electron chi connectivity index (χ2n) is 11.2. The molecule has 45 heavy (non-hydrogen) atoms. The molecule has 6 rings (SSSR count). The summed E-state index contributed by atoms with van der Waals surface area (Å²) >= 11 is 0. The lowest BCUT2D eigenvalue weighted by atomic mass is 10.0. The Balaban J connectivity index is 1.26. The van der Waals surface area contributed by atoms with Crippen molar-refractivity contribution >= 4 is 40.0 Å². The Morgan fingerprint density at radius 2 is 1.84 bits per heavy atom. The maximum Gasteiger partial charge on any atom is 0.408 e. The molecule has 15 heteroatoms. The number of aromatic nitrogens is 6. The molecule has 2 atom stereocenters. The van der Waals surface area contributed by atoms with Gasteiger partial charge in [-0.15, -0.1) is 0 Å². The number of aryl methyl sites for hydroxylation is 2. The number of nitrogens with one attached hydrogen (secondary N) is 1. The average Bonchev–Trinajstić information content (AvgIpc) is 3.72. The van der Waals surface area contributed by atoms with Crippen LogP contribution in [0.5, 0.6) is 0 Å². The van der Waals surface area contributed by atoms with Gasteiger partial charge in [0.05, 0.1) is 17.8 Å². The largest absolute Gasteiger partial charge is 0.408 e. The summed E-state index contributed by atoms with van der Waals surface area (Å²) in [4.78, 5) is 44.8. The number of ketones is 1. The third-order valence-electron chi connectivity index (χ3n) is 7.72. The highest BCUT2D eigenvalue weighted by atomic mass is 19.4. The summed E-state index contributed by atoms with van der Waals surface area (Å²) in [5, 5.41) is 11.1. The molecule has 1 fully saturated rings. The van der Waals surface area contributed by atoms with Crippen LogP contribution in [0, 0.1) is 13.8 Å². The van der Waals surface area contributed by atoms with Crippen molar-refractivity contribution in [3.8, 4) is 11.1 Å².